The molecule has 146 valence electrons. The summed E-state index contributed by atoms with van der Waals surface area (Å²) in [6, 6.07) is 4.44. The molecule has 1 fully saturated rings. The van der Waals surface area contributed by atoms with Gasteiger partial charge in [0.15, 0.2) is 0 Å². The van der Waals surface area contributed by atoms with Crippen molar-refractivity contribution in [3.05, 3.63) is 41.6 Å². The fraction of sp³-hybridized carbons (Fsp3) is 0.412. The number of aryl methyl sites for hydroxylation is 1. The maximum absolute atomic E-state index is 13.9. The Morgan fingerprint density at radius 2 is 1.78 bits per heavy atom. The molecule has 2 aromatic rings. The molecular formula is C17H17F5N4O. The monoisotopic (exact) mass is 388 g/mol. The zero-order chi connectivity index (χ0) is 19.8. The number of carbonyl (C=O) groups excluding carboxylic acids is 1. The van der Waals surface area contributed by atoms with Crippen molar-refractivity contribution in [3.63, 3.8) is 0 Å². The van der Waals surface area contributed by atoms with Crippen LogP contribution in [0.4, 0.5) is 22.0 Å². The quantitative estimate of drug-likeness (QED) is 0.760. The molecule has 1 aliphatic rings. The number of piperazine rings is 1. The van der Waals surface area contributed by atoms with Crippen LogP contribution in [0.15, 0.2) is 24.3 Å². The molecule has 2 heterocycles. The van der Waals surface area contributed by atoms with Gasteiger partial charge in [-0.2, -0.15) is 18.3 Å². The SMILES string of the molecule is Cn1nc(-c2ccc(F)cc2F)cc1C(=O)N1CCN(CC(F)(F)F)CC1. The predicted molar refractivity (Wildman–Crippen MR) is 87.0 cm³/mol. The van der Waals surface area contributed by atoms with E-state index in [4.69, 9.17) is 0 Å². The molecule has 10 heteroatoms. The van der Waals surface area contributed by atoms with Gasteiger partial charge in [0.2, 0.25) is 0 Å². The van der Waals surface area contributed by atoms with Crippen molar-refractivity contribution in [3.8, 4) is 11.3 Å². The highest BCUT2D eigenvalue weighted by Gasteiger charge is 2.33. The molecule has 0 unspecified atom stereocenters. The summed E-state index contributed by atoms with van der Waals surface area (Å²) in [5, 5.41) is 4.10. The van der Waals surface area contributed by atoms with Crippen LogP contribution in [0.3, 0.4) is 0 Å². The van der Waals surface area contributed by atoms with Gasteiger partial charge in [-0.25, -0.2) is 8.78 Å². The zero-order valence-electron chi connectivity index (χ0n) is 14.4. The van der Waals surface area contributed by atoms with Crippen LogP contribution < -0.4 is 0 Å². The first kappa shape index (κ1) is 19.3. The average Bonchev–Trinajstić information content (AvgIpc) is 2.95. The van der Waals surface area contributed by atoms with E-state index >= 15 is 0 Å². The van der Waals surface area contributed by atoms with Crippen LogP contribution in [0.5, 0.6) is 0 Å². The van der Waals surface area contributed by atoms with E-state index in [1.807, 2.05) is 0 Å². The number of hydrogen-bond acceptors (Lipinski definition) is 3. The molecule has 0 N–H and O–H groups in total. The van der Waals surface area contributed by atoms with Crippen molar-refractivity contribution in [2.24, 2.45) is 7.05 Å². The number of benzene rings is 1. The number of amides is 1. The predicted octanol–water partition coefficient (Wildman–Crippen LogP) is 2.69. The minimum atomic E-state index is -4.28. The Morgan fingerprint density at radius 3 is 2.37 bits per heavy atom. The molecule has 1 aliphatic heterocycles. The van der Waals surface area contributed by atoms with Crippen LogP contribution in [0, 0.1) is 11.6 Å². The van der Waals surface area contributed by atoms with Gasteiger partial charge < -0.3 is 4.90 Å². The van der Waals surface area contributed by atoms with E-state index in [0.717, 1.165) is 12.1 Å². The van der Waals surface area contributed by atoms with Crippen molar-refractivity contribution in [2.75, 3.05) is 32.7 Å². The summed E-state index contributed by atoms with van der Waals surface area (Å²) in [4.78, 5) is 15.3. The minimum absolute atomic E-state index is 0.0565. The molecule has 5 nitrogen and oxygen atoms in total. The second-order valence-corrected chi connectivity index (χ2v) is 6.35. The molecule has 1 amide bonds. The number of aromatic nitrogens is 2. The minimum Gasteiger partial charge on any atom is -0.335 e. The maximum Gasteiger partial charge on any atom is 0.401 e. The van der Waals surface area contributed by atoms with Crippen LogP contribution in [0.2, 0.25) is 0 Å². The first-order chi connectivity index (χ1) is 12.6. The topological polar surface area (TPSA) is 41.4 Å². The molecule has 0 saturated carbocycles. The number of nitrogens with zero attached hydrogens (tertiary/aromatic N) is 4. The molecule has 27 heavy (non-hydrogen) atoms. The summed E-state index contributed by atoms with van der Waals surface area (Å²) in [6.07, 6.45) is -4.28. The summed E-state index contributed by atoms with van der Waals surface area (Å²) in [6.45, 7) is -0.472. The molecule has 1 aromatic heterocycles. The summed E-state index contributed by atoms with van der Waals surface area (Å²) in [5.74, 6) is -1.92. The third-order valence-electron chi connectivity index (χ3n) is 4.37. The lowest BCUT2D eigenvalue weighted by molar-refractivity contribution is -0.148. The Hall–Kier alpha value is -2.49. The van der Waals surface area contributed by atoms with Crippen molar-refractivity contribution in [1.29, 1.82) is 0 Å². The fourth-order valence-electron chi connectivity index (χ4n) is 3.02. The van der Waals surface area contributed by atoms with Crippen molar-refractivity contribution < 1.29 is 26.7 Å². The Labute approximate surface area is 152 Å². The van der Waals surface area contributed by atoms with Crippen LogP contribution in [-0.2, 0) is 7.05 Å². The van der Waals surface area contributed by atoms with E-state index in [1.54, 1.807) is 0 Å². The smallest absolute Gasteiger partial charge is 0.335 e. The third kappa shape index (κ3) is 4.44. The standard InChI is InChI=1S/C17H17F5N4O/c1-24-15(9-14(23-24)12-3-2-11(18)8-13(12)19)16(27)26-6-4-25(5-7-26)10-17(20,21)22/h2-3,8-9H,4-7,10H2,1H3. The lowest BCUT2D eigenvalue weighted by Crippen LogP contribution is -2.51. The van der Waals surface area contributed by atoms with Crippen molar-refractivity contribution in [2.45, 2.75) is 6.18 Å². The Kier molecular flexibility index (Phi) is 5.18. The lowest BCUT2D eigenvalue weighted by Gasteiger charge is -2.34. The van der Waals surface area contributed by atoms with E-state index < -0.39 is 30.3 Å². The molecule has 0 radical (unpaired) electrons. The summed E-state index contributed by atoms with van der Waals surface area (Å²) < 4.78 is 65.6. The number of alkyl halides is 3. The molecule has 0 atom stereocenters. The molecule has 0 bridgehead atoms. The van der Waals surface area contributed by atoms with Gasteiger partial charge in [-0.05, 0) is 18.2 Å². The van der Waals surface area contributed by atoms with Gasteiger partial charge in [0.05, 0.1) is 12.2 Å². The molecule has 3 rings (SSSR count). The van der Waals surface area contributed by atoms with Gasteiger partial charge in [-0.1, -0.05) is 0 Å². The van der Waals surface area contributed by atoms with E-state index in [2.05, 4.69) is 5.10 Å². The van der Waals surface area contributed by atoms with Gasteiger partial charge in [-0.15, -0.1) is 0 Å². The highest BCUT2D eigenvalue weighted by molar-refractivity contribution is 5.93. The molecule has 0 spiro atoms. The van der Waals surface area contributed by atoms with Crippen LogP contribution in [0.1, 0.15) is 10.5 Å². The van der Waals surface area contributed by atoms with Crippen LogP contribution in [0.25, 0.3) is 11.3 Å². The normalized spacial score (nSPS) is 16.0. The first-order valence-electron chi connectivity index (χ1n) is 8.22. The summed E-state index contributed by atoms with van der Waals surface area (Å²) in [7, 11) is 1.51. The number of carbonyl (C=O) groups is 1. The van der Waals surface area contributed by atoms with Crippen LogP contribution >= 0.6 is 0 Å². The Morgan fingerprint density at radius 1 is 1.11 bits per heavy atom. The molecule has 1 saturated heterocycles. The van der Waals surface area contributed by atoms with E-state index in [-0.39, 0.29) is 43.1 Å². The second kappa shape index (κ2) is 7.26. The number of halogens is 5. The summed E-state index contributed by atoms with van der Waals surface area (Å²) in [5.41, 5.74) is 0.410. The fourth-order valence-corrected chi connectivity index (χ4v) is 3.02. The second-order valence-electron chi connectivity index (χ2n) is 6.35. The third-order valence-corrected chi connectivity index (χ3v) is 4.37. The van der Waals surface area contributed by atoms with E-state index in [0.29, 0.717) is 0 Å². The first-order valence-corrected chi connectivity index (χ1v) is 8.22. The van der Waals surface area contributed by atoms with Gasteiger partial charge in [-0.3, -0.25) is 14.4 Å². The van der Waals surface area contributed by atoms with Gasteiger partial charge in [0.25, 0.3) is 5.91 Å². The number of hydrogen-bond donors (Lipinski definition) is 0. The van der Waals surface area contributed by atoms with Gasteiger partial charge in [0, 0.05) is 44.9 Å². The van der Waals surface area contributed by atoms with E-state index in [1.165, 1.54) is 33.7 Å². The molecule has 0 aliphatic carbocycles. The molecule has 1 aromatic carbocycles. The van der Waals surface area contributed by atoms with Gasteiger partial charge >= 0.3 is 6.18 Å². The average molecular weight is 388 g/mol. The van der Waals surface area contributed by atoms with Crippen LogP contribution in [-0.4, -0.2) is 64.4 Å². The highest BCUT2D eigenvalue weighted by atomic mass is 19.4. The van der Waals surface area contributed by atoms with Gasteiger partial charge in [0.1, 0.15) is 17.3 Å². The van der Waals surface area contributed by atoms with Crippen molar-refractivity contribution >= 4 is 5.91 Å². The lowest BCUT2D eigenvalue weighted by atomic mass is 10.1. The Balaban J connectivity index is 1.72. The summed E-state index contributed by atoms with van der Waals surface area (Å²) >= 11 is 0. The number of rotatable bonds is 3. The highest BCUT2D eigenvalue weighted by Crippen LogP contribution is 2.24. The zero-order valence-corrected chi connectivity index (χ0v) is 14.4. The molecular weight excluding hydrogens is 371 g/mol. The maximum atomic E-state index is 13.9. The van der Waals surface area contributed by atoms with Crippen molar-refractivity contribution in [1.82, 2.24) is 19.6 Å². The largest absolute Gasteiger partial charge is 0.401 e. The Bertz CT molecular complexity index is 840. The van der Waals surface area contributed by atoms with E-state index in [9.17, 15) is 26.7 Å².